The molecule has 0 amide bonds. The monoisotopic (exact) mass is 422 g/mol. The van der Waals surface area contributed by atoms with E-state index in [0.29, 0.717) is 35.5 Å². The van der Waals surface area contributed by atoms with Gasteiger partial charge in [0.1, 0.15) is 0 Å². The minimum absolute atomic E-state index is 0.101. The molecule has 1 aliphatic rings. The third-order valence-corrected chi connectivity index (χ3v) is 5.16. The van der Waals surface area contributed by atoms with Crippen LogP contribution < -0.4 is 24.6 Å². The lowest BCUT2D eigenvalue weighted by Crippen LogP contribution is -2.23. The summed E-state index contributed by atoms with van der Waals surface area (Å²) in [6.07, 6.45) is 2.68. The first-order valence-corrected chi connectivity index (χ1v) is 10.0. The molecule has 0 bridgehead atoms. The molecule has 3 aromatic rings. The number of aryl methyl sites for hydroxylation is 1. The van der Waals surface area contributed by atoms with Gasteiger partial charge in [0.05, 0.1) is 34.0 Å². The first-order valence-electron chi connectivity index (χ1n) is 10.0. The Morgan fingerprint density at radius 1 is 1.03 bits per heavy atom. The van der Waals surface area contributed by atoms with Crippen molar-refractivity contribution in [3.63, 3.8) is 0 Å². The predicted octanol–water partition coefficient (Wildman–Crippen LogP) is 4.44. The van der Waals surface area contributed by atoms with E-state index in [2.05, 4.69) is 22.4 Å². The largest absolute Gasteiger partial charge is 0.493 e. The van der Waals surface area contributed by atoms with Gasteiger partial charge in [0, 0.05) is 36.0 Å². The van der Waals surface area contributed by atoms with Crippen molar-refractivity contribution in [2.45, 2.75) is 19.4 Å². The molecule has 1 atom stereocenters. The number of aromatic nitrogens is 2. The fraction of sp³-hybridized carbons (Fsp3) is 0.304. The molecule has 2 aromatic carbocycles. The van der Waals surface area contributed by atoms with E-state index < -0.39 is 0 Å². The summed E-state index contributed by atoms with van der Waals surface area (Å²) < 4.78 is 16.2. The van der Waals surface area contributed by atoms with Crippen LogP contribution in [0.4, 0.5) is 17.5 Å². The molecule has 2 heterocycles. The first-order chi connectivity index (χ1) is 15.1. The molecular formula is C23H26N4O4. The van der Waals surface area contributed by atoms with Gasteiger partial charge in [-0.15, -0.1) is 0 Å². The first kappa shape index (κ1) is 20.7. The maximum atomic E-state index is 5.95. The van der Waals surface area contributed by atoms with Crippen LogP contribution in [0.5, 0.6) is 17.2 Å². The van der Waals surface area contributed by atoms with Gasteiger partial charge in [0.25, 0.3) is 0 Å². The summed E-state index contributed by atoms with van der Waals surface area (Å²) in [5, 5.41) is 5.11. The van der Waals surface area contributed by atoms with Crippen LogP contribution in [-0.4, -0.2) is 37.9 Å². The average Bonchev–Trinajstić information content (AvgIpc) is 3.30. The van der Waals surface area contributed by atoms with Crippen molar-refractivity contribution in [1.82, 2.24) is 9.97 Å². The standard InChI is InChI=1S/C23H26N4O4/c1-15-14-24-23(25-17-12-19(28-2)21(30-4)20(13-17)29-3)26-22(15)27-18(10-11-31-27)16-8-6-5-7-9-16/h5-9,12-14,18H,10-11H2,1-4H3,(H,24,25,26)/t18-/m0/s1. The summed E-state index contributed by atoms with van der Waals surface area (Å²) in [4.78, 5) is 15.1. The topological polar surface area (TPSA) is 78.0 Å². The molecule has 31 heavy (non-hydrogen) atoms. The van der Waals surface area contributed by atoms with Crippen LogP contribution in [0.3, 0.4) is 0 Å². The second-order valence-electron chi connectivity index (χ2n) is 7.11. The Bertz CT molecular complexity index is 1020. The van der Waals surface area contributed by atoms with Crippen molar-refractivity contribution >= 4 is 17.5 Å². The summed E-state index contributed by atoms with van der Waals surface area (Å²) in [7, 11) is 4.73. The highest BCUT2D eigenvalue weighted by Gasteiger charge is 2.30. The highest BCUT2D eigenvalue weighted by atomic mass is 16.7. The molecule has 0 aliphatic carbocycles. The normalized spacial score (nSPS) is 15.6. The zero-order chi connectivity index (χ0) is 21.8. The number of benzene rings is 2. The lowest BCUT2D eigenvalue weighted by Gasteiger charge is -2.25. The second-order valence-corrected chi connectivity index (χ2v) is 7.11. The molecule has 0 unspecified atom stereocenters. The van der Waals surface area contributed by atoms with E-state index in [1.807, 2.05) is 42.3 Å². The molecule has 0 saturated carbocycles. The third kappa shape index (κ3) is 4.20. The number of nitrogens with one attached hydrogen (secondary N) is 1. The van der Waals surface area contributed by atoms with Crippen molar-refractivity contribution in [2.24, 2.45) is 0 Å². The van der Waals surface area contributed by atoms with Crippen LogP contribution in [0.15, 0.2) is 48.7 Å². The quantitative estimate of drug-likeness (QED) is 0.599. The average molecular weight is 422 g/mol. The van der Waals surface area contributed by atoms with Gasteiger partial charge in [0.15, 0.2) is 17.3 Å². The smallest absolute Gasteiger partial charge is 0.229 e. The van der Waals surface area contributed by atoms with Gasteiger partial charge in [-0.2, -0.15) is 4.98 Å². The van der Waals surface area contributed by atoms with Crippen LogP contribution in [-0.2, 0) is 4.84 Å². The van der Waals surface area contributed by atoms with Crippen LogP contribution >= 0.6 is 0 Å². The Balaban J connectivity index is 1.64. The lowest BCUT2D eigenvalue weighted by molar-refractivity contribution is 0.156. The summed E-state index contributed by atoms with van der Waals surface area (Å²) in [5.41, 5.74) is 2.83. The lowest BCUT2D eigenvalue weighted by atomic mass is 10.0. The van der Waals surface area contributed by atoms with E-state index in [0.717, 1.165) is 17.8 Å². The molecule has 1 aromatic heterocycles. The van der Waals surface area contributed by atoms with E-state index in [1.165, 1.54) is 5.56 Å². The van der Waals surface area contributed by atoms with Crippen LogP contribution in [0, 0.1) is 6.92 Å². The summed E-state index contributed by atoms with van der Waals surface area (Å²) in [6, 6.07) is 14.0. The molecule has 0 spiro atoms. The highest BCUT2D eigenvalue weighted by Crippen LogP contribution is 2.41. The molecule has 8 nitrogen and oxygen atoms in total. The molecular weight excluding hydrogens is 396 g/mol. The number of ether oxygens (including phenoxy) is 3. The van der Waals surface area contributed by atoms with Crippen molar-refractivity contribution in [3.8, 4) is 17.2 Å². The van der Waals surface area contributed by atoms with E-state index in [-0.39, 0.29) is 6.04 Å². The van der Waals surface area contributed by atoms with Crippen molar-refractivity contribution in [3.05, 3.63) is 59.8 Å². The fourth-order valence-electron chi connectivity index (χ4n) is 3.65. The van der Waals surface area contributed by atoms with Gasteiger partial charge in [0.2, 0.25) is 11.7 Å². The van der Waals surface area contributed by atoms with Gasteiger partial charge in [-0.25, -0.2) is 10.0 Å². The Hall–Kier alpha value is -3.52. The number of nitrogens with zero attached hydrogens (tertiary/aromatic N) is 3. The zero-order valence-corrected chi connectivity index (χ0v) is 18.1. The molecule has 8 heteroatoms. The molecule has 162 valence electrons. The maximum Gasteiger partial charge on any atom is 0.229 e. The molecule has 1 aliphatic heterocycles. The SMILES string of the molecule is COc1cc(Nc2ncc(C)c(N3OCC[C@H]3c3ccccc3)n2)cc(OC)c1OC. The Labute approximate surface area is 181 Å². The highest BCUT2D eigenvalue weighted by molar-refractivity contribution is 5.66. The van der Waals surface area contributed by atoms with Crippen molar-refractivity contribution < 1.29 is 19.0 Å². The number of hydroxylamine groups is 1. The van der Waals surface area contributed by atoms with Gasteiger partial charge >= 0.3 is 0 Å². The Kier molecular flexibility index (Phi) is 6.08. The summed E-state index contributed by atoms with van der Waals surface area (Å²) in [5.74, 6) is 2.79. The van der Waals surface area contributed by atoms with Gasteiger partial charge in [-0.3, -0.25) is 4.84 Å². The maximum absolute atomic E-state index is 5.95. The number of hydrogen-bond acceptors (Lipinski definition) is 8. The third-order valence-electron chi connectivity index (χ3n) is 5.16. The van der Waals surface area contributed by atoms with Crippen molar-refractivity contribution in [2.75, 3.05) is 38.3 Å². The minimum Gasteiger partial charge on any atom is -0.493 e. The second kappa shape index (κ2) is 9.09. The number of rotatable bonds is 7. The van der Waals surface area contributed by atoms with Crippen LogP contribution in [0.1, 0.15) is 23.6 Å². The summed E-state index contributed by atoms with van der Waals surface area (Å²) >= 11 is 0. The van der Waals surface area contributed by atoms with Gasteiger partial charge in [-0.05, 0) is 12.5 Å². The van der Waals surface area contributed by atoms with Gasteiger partial charge < -0.3 is 19.5 Å². The van der Waals surface area contributed by atoms with E-state index in [1.54, 1.807) is 27.5 Å². The van der Waals surface area contributed by atoms with E-state index in [9.17, 15) is 0 Å². The fourth-order valence-corrected chi connectivity index (χ4v) is 3.65. The van der Waals surface area contributed by atoms with Crippen molar-refractivity contribution in [1.29, 1.82) is 0 Å². The van der Waals surface area contributed by atoms with Crippen LogP contribution in [0.2, 0.25) is 0 Å². The number of anilines is 3. The summed E-state index contributed by atoms with van der Waals surface area (Å²) in [6.45, 7) is 2.61. The minimum atomic E-state index is 0.101. The Morgan fingerprint density at radius 3 is 2.39 bits per heavy atom. The zero-order valence-electron chi connectivity index (χ0n) is 18.1. The number of methoxy groups -OCH3 is 3. The molecule has 0 radical (unpaired) electrons. The predicted molar refractivity (Wildman–Crippen MR) is 118 cm³/mol. The Morgan fingerprint density at radius 2 is 1.74 bits per heavy atom. The molecule has 1 N–H and O–H groups in total. The van der Waals surface area contributed by atoms with Gasteiger partial charge in [-0.1, -0.05) is 30.3 Å². The number of hydrogen-bond donors (Lipinski definition) is 1. The molecule has 1 fully saturated rings. The van der Waals surface area contributed by atoms with E-state index in [4.69, 9.17) is 24.0 Å². The van der Waals surface area contributed by atoms with E-state index >= 15 is 0 Å². The molecule has 1 saturated heterocycles. The molecule has 4 rings (SSSR count). The van der Waals surface area contributed by atoms with Crippen LogP contribution in [0.25, 0.3) is 0 Å².